The highest BCUT2D eigenvalue weighted by Gasteiger charge is 2.11. The summed E-state index contributed by atoms with van der Waals surface area (Å²) in [6.07, 6.45) is 1.42. The lowest BCUT2D eigenvalue weighted by Crippen LogP contribution is -2.22. The van der Waals surface area contributed by atoms with Gasteiger partial charge in [-0.1, -0.05) is 11.6 Å². The van der Waals surface area contributed by atoms with Gasteiger partial charge in [0.2, 0.25) is 5.75 Å². The Kier molecular flexibility index (Phi) is 3.86. The maximum atomic E-state index is 11.9. The van der Waals surface area contributed by atoms with Gasteiger partial charge >= 0.3 is 0 Å². The van der Waals surface area contributed by atoms with E-state index in [-0.39, 0.29) is 16.5 Å². The van der Waals surface area contributed by atoms with Crippen LogP contribution in [-0.4, -0.2) is 16.7 Å². The molecule has 7 heteroatoms. The molecule has 2 aromatic rings. The number of rotatable bonds is 3. The van der Waals surface area contributed by atoms with E-state index in [1.165, 1.54) is 18.0 Å². The van der Waals surface area contributed by atoms with Gasteiger partial charge in [0.05, 0.1) is 23.8 Å². The fourth-order valence-corrected chi connectivity index (χ4v) is 3.02. The average molecular weight is 336 g/mol. The van der Waals surface area contributed by atoms with Gasteiger partial charge in [0.15, 0.2) is 5.15 Å². The van der Waals surface area contributed by atoms with Crippen LogP contribution in [0.15, 0.2) is 27.0 Å². The molecule has 0 spiro atoms. The summed E-state index contributed by atoms with van der Waals surface area (Å²) in [6.45, 7) is 0.454. The first-order valence-corrected chi connectivity index (χ1v) is 6.63. The summed E-state index contributed by atoms with van der Waals surface area (Å²) in [6, 6.07) is 3.88. The minimum atomic E-state index is -0.281. The molecular formula is C10H8BrClN2O2S. The molecule has 0 fully saturated rings. The highest BCUT2D eigenvalue weighted by Crippen LogP contribution is 2.23. The molecule has 2 rings (SSSR count). The van der Waals surface area contributed by atoms with Crippen LogP contribution in [0.1, 0.15) is 4.88 Å². The Balaban J connectivity index is 2.37. The van der Waals surface area contributed by atoms with Crippen molar-refractivity contribution in [2.24, 2.45) is 0 Å². The zero-order valence-corrected chi connectivity index (χ0v) is 12.0. The third-order valence-corrected chi connectivity index (χ3v) is 3.99. The van der Waals surface area contributed by atoms with E-state index in [1.54, 1.807) is 11.3 Å². The molecule has 0 aliphatic heterocycles. The number of thiophene rings is 1. The molecular weight excluding hydrogens is 328 g/mol. The predicted molar refractivity (Wildman–Crippen MR) is 71.2 cm³/mol. The third-order valence-electron chi connectivity index (χ3n) is 2.11. The van der Waals surface area contributed by atoms with Gasteiger partial charge in [-0.3, -0.25) is 9.36 Å². The SMILES string of the molecule is COc1c(Cl)ncn(Cc2ccc(Br)s2)c1=O. The van der Waals surface area contributed by atoms with Crippen LogP contribution in [0.25, 0.3) is 0 Å². The molecule has 90 valence electrons. The summed E-state index contributed by atoms with van der Waals surface area (Å²) in [5.41, 5.74) is -0.281. The second-order valence-electron chi connectivity index (χ2n) is 3.21. The molecule has 2 heterocycles. The van der Waals surface area contributed by atoms with Gasteiger partial charge < -0.3 is 4.74 Å². The Hall–Kier alpha value is -0.850. The van der Waals surface area contributed by atoms with Crippen LogP contribution in [0.2, 0.25) is 5.15 Å². The third kappa shape index (κ3) is 2.70. The molecule has 4 nitrogen and oxygen atoms in total. The fourth-order valence-electron chi connectivity index (χ4n) is 1.34. The first kappa shape index (κ1) is 12.6. The minimum Gasteiger partial charge on any atom is -0.489 e. The van der Waals surface area contributed by atoms with Crippen LogP contribution >= 0.6 is 38.9 Å². The first-order valence-electron chi connectivity index (χ1n) is 4.65. The molecule has 0 aliphatic carbocycles. The van der Waals surface area contributed by atoms with Gasteiger partial charge in [-0.05, 0) is 28.1 Å². The van der Waals surface area contributed by atoms with Crippen molar-refractivity contribution in [3.8, 4) is 5.75 Å². The standard InChI is InChI=1S/C10H8BrClN2O2S/c1-16-8-9(12)13-5-14(10(8)15)4-6-2-3-7(11)17-6/h2-3,5H,4H2,1H3. The summed E-state index contributed by atoms with van der Waals surface area (Å²) in [5.74, 6) is 0.0739. The van der Waals surface area contributed by atoms with Crippen molar-refractivity contribution in [1.82, 2.24) is 9.55 Å². The van der Waals surface area contributed by atoms with Crippen LogP contribution in [-0.2, 0) is 6.54 Å². The second kappa shape index (κ2) is 5.20. The average Bonchev–Trinajstić information content (AvgIpc) is 2.69. The minimum absolute atomic E-state index is 0.0739. The summed E-state index contributed by atoms with van der Waals surface area (Å²) < 4.78 is 7.41. The van der Waals surface area contributed by atoms with E-state index >= 15 is 0 Å². The van der Waals surface area contributed by atoms with E-state index in [1.807, 2.05) is 12.1 Å². The Morgan fingerprint density at radius 1 is 1.59 bits per heavy atom. The zero-order valence-electron chi connectivity index (χ0n) is 8.81. The van der Waals surface area contributed by atoms with Crippen molar-refractivity contribution < 1.29 is 4.74 Å². The highest BCUT2D eigenvalue weighted by molar-refractivity contribution is 9.11. The number of hydrogen-bond acceptors (Lipinski definition) is 4. The van der Waals surface area contributed by atoms with Crippen LogP contribution in [0.4, 0.5) is 0 Å². The molecule has 0 bridgehead atoms. The van der Waals surface area contributed by atoms with Gasteiger partial charge in [0.25, 0.3) is 5.56 Å². The molecule has 2 aromatic heterocycles. The van der Waals surface area contributed by atoms with Crippen LogP contribution in [0, 0.1) is 0 Å². The molecule has 0 unspecified atom stereocenters. The lowest BCUT2D eigenvalue weighted by molar-refractivity contribution is 0.401. The molecule has 0 atom stereocenters. The predicted octanol–water partition coefficient (Wildman–Crippen LogP) is 2.78. The fraction of sp³-hybridized carbons (Fsp3) is 0.200. The smallest absolute Gasteiger partial charge is 0.297 e. The normalized spacial score (nSPS) is 10.5. The van der Waals surface area contributed by atoms with Crippen molar-refractivity contribution in [2.75, 3.05) is 7.11 Å². The molecule has 0 aromatic carbocycles. The first-order chi connectivity index (χ1) is 8.11. The summed E-state index contributed by atoms with van der Waals surface area (Å²) in [7, 11) is 1.40. The number of aromatic nitrogens is 2. The van der Waals surface area contributed by atoms with E-state index in [0.29, 0.717) is 6.54 Å². The molecule has 0 saturated carbocycles. The Morgan fingerprint density at radius 3 is 2.94 bits per heavy atom. The summed E-state index contributed by atoms with van der Waals surface area (Å²) in [4.78, 5) is 16.9. The van der Waals surface area contributed by atoms with Gasteiger partial charge in [-0.25, -0.2) is 4.98 Å². The second-order valence-corrected chi connectivity index (χ2v) is 6.11. The summed E-state index contributed by atoms with van der Waals surface area (Å²) in [5, 5.41) is 0.0844. The van der Waals surface area contributed by atoms with Gasteiger partial charge in [0, 0.05) is 4.88 Å². The number of hydrogen-bond donors (Lipinski definition) is 0. The van der Waals surface area contributed by atoms with E-state index in [4.69, 9.17) is 16.3 Å². The molecule has 0 amide bonds. The molecule has 0 aliphatic rings. The van der Waals surface area contributed by atoms with Crippen LogP contribution in [0.3, 0.4) is 0 Å². The Labute approximate surface area is 115 Å². The van der Waals surface area contributed by atoms with Crippen molar-refractivity contribution in [1.29, 1.82) is 0 Å². The quantitative estimate of drug-likeness (QED) is 0.810. The highest BCUT2D eigenvalue weighted by atomic mass is 79.9. The van der Waals surface area contributed by atoms with E-state index in [9.17, 15) is 4.79 Å². The zero-order chi connectivity index (χ0) is 12.4. The lowest BCUT2D eigenvalue weighted by atomic mass is 10.4. The van der Waals surface area contributed by atoms with E-state index in [2.05, 4.69) is 20.9 Å². The molecule has 0 radical (unpaired) electrons. The summed E-state index contributed by atoms with van der Waals surface area (Å²) >= 11 is 10.7. The number of methoxy groups -OCH3 is 1. The molecule has 0 N–H and O–H groups in total. The van der Waals surface area contributed by atoms with Crippen molar-refractivity contribution in [2.45, 2.75) is 6.54 Å². The van der Waals surface area contributed by atoms with Gasteiger partial charge in [-0.2, -0.15) is 0 Å². The number of nitrogens with zero attached hydrogens (tertiary/aromatic N) is 2. The topological polar surface area (TPSA) is 44.1 Å². The maximum absolute atomic E-state index is 11.9. The largest absolute Gasteiger partial charge is 0.489 e. The van der Waals surface area contributed by atoms with Gasteiger partial charge in [0.1, 0.15) is 0 Å². The van der Waals surface area contributed by atoms with E-state index in [0.717, 1.165) is 8.66 Å². The van der Waals surface area contributed by atoms with Crippen molar-refractivity contribution in [3.05, 3.63) is 42.6 Å². The monoisotopic (exact) mass is 334 g/mol. The molecule has 17 heavy (non-hydrogen) atoms. The van der Waals surface area contributed by atoms with Crippen molar-refractivity contribution in [3.63, 3.8) is 0 Å². The van der Waals surface area contributed by atoms with Crippen LogP contribution in [0.5, 0.6) is 5.75 Å². The Bertz CT molecular complexity index is 596. The number of ether oxygens (including phenoxy) is 1. The maximum Gasteiger partial charge on any atom is 0.297 e. The van der Waals surface area contributed by atoms with Crippen molar-refractivity contribution >= 4 is 38.9 Å². The molecule has 0 saturated heterocycles. The van der Waals surface area contributed by atoms with Gasteiger partial charge in [-0.15, -0.1) is 11.3 Å². The van der Waals surface area contributed by atoms with Crippen LogP contribution < -0.4 is 10.3 Å². The Morgan fingerprint density at radius 2 is 2.35 bits per heavy atom. The lowest BCUT2D eigenvalue weighted by Gasteiger charge is -2.06. The number of halogens is 2. The van der Waals surface area contributed by atoms with E-state index < -0.39 is 0 Å².